The van der Waals surface area contributed by atoms with Crippen LogP contribution in [0.3, 0.4) is 0 Å². The van der Waals surface area contributed by atoms with Crippen LogP contribution < -0.4 is 0 Å². The first-order valence-corrected chi connectivity index (χ1v) is 9.57. The number of carbonyl (C=O) groups excluding carboxylic acids is 1. The van der Waals surface area contributed by atoms with E-state index in [9.17, 15) is 4.79 Å². The van der Waals surface area contributed by atoms with E-state index in [1.54, 1.807) is 4.68 Å². The van der Waals surface area contributed by atoms with Gasteiger partial charge in [0.05, 0.1) is 11.4 Å². The SMILES string of the molecule is CCN(C(=O)CSc1nnnn1-c1ccc(C)c(C)c1)C1=CCCC1. The van der Waals surface area contributed by atoms with E-state index in [1.807, 2.05) is 17.9 Å². The summed E-state index contributed by atoms with van der Waals surface area (Å²) in [6.07, 6.45) is 5.37. The highest BCUT2D eigenvalue weighted by Crippen LogP contribution is 2.24. The van der Waals surface area contributed by atoms with Gasteiger partial charge in [-0.25, -0.2) is 0 Å². The summed E-state index contributed by atoms with van der Waals surface area (Å²) >= 11 is 1.38. The Morgan fingerprint density at radius 1 is 1.32 bits per heavy atom. The van der Waals surface area contributed by atoms with Crippen molar-refractivity contribution in [3.8, 4) is 5.69 Å². The van der Waals surface area contributed by atoms with Crippen LogP contribution in [0, 0.1) is 13.8 Å². The molecule has 0 spiro atoms. The predicted molar refractivity (Wildman–Crippen MR) is 98.7 cm³/mol. The number of hydrogen-bond acceptors (Lipinski definition) is 5. The topological polar surface area (TPSA) is 63.9 Å². The molecule has 1 aliphatic carbocycles. The highest BCUT2D eigenvalue weighted by Gasteiger charge is 2.20. The van der Waals surface area contributed by atoms with Gasteiger partial charge < -0.3 is 4.90 Å². The van der Waals surface area contributed by atoms with Crippen LogP contribution in [-0.2, 0) is 4.79 Å². The van der Waals surface area contributed by atoms with E-state index in [2.05, 4.69) is 47.6 Å². The molecule has 6 nitrogen and oxygen atoms in total. The fourth-order valence-electron chi connectivity index (χ4n) is 2.93. The first-order valence-electron chi connectivity index (χ1n) is 8.58. The minimum atomic E-state index is 0.107. The zero-order chi connectivity index (χ0) is 17.8. The van der Waals surface area contributed by atoms with Crippen molar-refractivity contribution >= 4 is 17.7 Å². The third-order valence-electron chi connectivity index (χ3n) is 4.48. The number of tetrazole rings is 1. The molecule has 3 rings (SSSR count). The molecule has 1 amide bonds. The molecule has 2 aromatic rings. The van der Waals surface area contributed by atoms with Crippen LogP contribution in [0.15, 0.2) is 35.1 Å². The molecule has 0 saturated heterocycles. The maximum Gasteiger partial charge on any atom is 0.237 e. The molecule has 0 radical (unpaired) electrons. The molecular weight excluding hydrogens is 334 g/mol. The number of aryl methyl sites for hydroxylation is 2. The summed E-state index contributed by atoms with van der Waals surface area (Å²) < 4.78 is 1.69. The monoisotopic (exact) mass is 357 g/mol. The van der Waals surface area contributed by atoms with Gasteiger partial charge in [0.25, 0.3) is 0 Å². The van der Waals surface area contributed by atoms with E-state index in [-0.39, 0.29) is 5.91 Å². The number of rotatable bonds is 6. The van der Waals surface area contributed by atoms with Gasteiger partial charge in [-0.05, 0) is 73.7 Å². The minimum absolute atomic E-state index is 0.107. The first-order chi connectivity index (χ1) is 12.1. The maximum absolute atomic E-state index is 12.6. The number of thioether (sulfide) groups is 1. The van der Waals surface area contributed by atoms with E-state index in [0.29, 0.717) is 17.5 Å². The Morgan fingerprint density at radius 3 is 2.84 bits per heavy atom. The minimum Gasteiger partial charge on any atom is -0.316 e. The van der Waals surface area contributed by atoms with Crippen LogP contribution in [0.5, 0.6) is 0 Å². The average molecular weight is 357 g/mol. The fraction of sp³-hybridized carbons (Fsp3) is 0.444. The molecule has 0 fully saturated rings. The second-order valence-corrected chi connectivity index (χ2v) is 7.10. The van der Waals surface area contributed by atoms with Crippen LogP contribution in [-0.4, -0.2) is 43.3 Å². The van der Waals surface area contributed by atoms with Crippen molar-refractivity contribution in [2.75, 3.05) is 12.3 Å². The number of allylic oxidation sites excluding steroid dienone is 2. The van der Waals surface area contributed by atoms with Crippen molar-refractivity contribution in [2.24, 2.45) is 0 Å². The highest BCUT2D eigenvalue weighted by atomic mass is 32.2. The van der Waals surface area contributed by atoms with Crippen LogP contribution in [0.4, 0.5) is 0 Å². The van der Waals surface area contributed by atoms with Gasteiger partial charge in [-0.2, -0.15) is 4.68 Å². The lowest BCUT2D eigenvalue weighted by molar-refractivity contribution is -0.126. The smallest absolute Gasteiger partial charge is 0.237 e. The van der Waals surface area contributed by atoms with Crippen molar-refractivity contribution in [1.29, 1.82) is 0 Å². The maximum atomic E-state index is 12.6. The van der Waals surface area contributed by atoms with E-state index in [4.69, 9.17) is 0 Å². The molecule has 0 atom stereocenters. The van der Waals surface area contributed by atoms with Gasteiger partial charge in [0, 0.05) is 12.2 Å². The molecule has 132 valence electrons. The normalized spacial score (nSPS) is 13.8. The molecule has 1 aromatic carbocycles. The molecule has 7 heteroatoms. The second kappa shape index (κ2) is 7.82. The molecule has 1 aromatic heterocycles. The second-order valence-electron chi connectivity index (χ2n) is 6.16. The number of aromatic nitrogens is 4. The van der Waals surface area contributed by atoms with Crippen molar-refractivity contribution in [1.82, 2.24) is 25.1 Å². The Kier molecular flexibility index (Phi) is 5.53. The molecule has 0 N–H and O–H groups in total. The first kappa shape index (κ1) is 17.7. The third-order valence-corrected chi connectivity index (χ3v) is 5.39. The van der Waals surface area contributed by atoms with E-state index in [1.165, 1.54) is 22.9 Å². The molecule has 1 aliphatic rings. The van der Waals surface area contributed by atoms with Gasteiger partial charge in [-0.15, -0.1) is 5.10 Å². The lowest BCUT2D eigenvalue weighted by Gasteiger charge is -2.21. The van der Waals surface area contributed by atoms with Crippen LogP contribution in [0.2, 0.25) is 0 Å². The molecule has 0 bridgehead atoms. The molecule has 0 saturated carbocycles. The lowest BCUT2D eigenvalue weighted by Crippen LogP contribution is -2.31. The fourth-order valence-corrected chi connectivity index (χ4v) is 3.70. The summed E-state index contributed by atoms with van der Waals surface area (Å²) in [6, 6.07) is 6.10. The van der Waals surface area contributed by atoms with E-state index >= 15 is 0 Å². The van der Waals surface area contributed by atoms with E-state index < -0.39 is 0 Å². The van der Waals surface area contributed by atoms with E-state index in [0.717, 1.165) is 30.6 Å². The Hall–Kier alpha value is -2.15. The number of hydrogen-bond donors (Lipinski definition) is 0. The van der Waals surface area contributed by atoms with Crippen molar-refractivity contribution < 1.29 is 4.79 Å². The van der Waals surface area contributed by atoms with Gasteiger partial charge in [-0.3, -0.25) is 4.79 Å². The summed E-state index contributed by atoms with van der Waals surface area (Å²) in [7, 11) is 0. The standard InChI is InChI=1S/C18H23N5OS/c1-4-22(15-7-5-6-8-15)17(24)12-25-18-19-20-21-23(18)16-10-9-13(2)14(3)11-16/h7,9-11H,4-6,8,12H2,1-3H3. The average Bonchev–Trinajstić information content (AvgIpc) is 3.28. The van der Waals surface area contributed by atoms with Crippen LogP contribution in [0.1, 0.15) is 37.3 Å². The van der Waals surface area contributed by atoms with Gasteiger partial charge in [0.2, 0.25) is 11.1 Å². The molecule has 25 heavy (non-hydrogen) atoms. The Morgan fingerprint density at radius 2 is 2.16 bits per heavy atom. The summed E-state index contributed by atoms with van der Waals surface area (Å²) in [5.41, 5.74) is 4.48. The zero-order valence-corrected chi connectivity index (χ0v) is 15.7. The van der Waals surface area contributed by atoms with Crippen molar-refractivity contribution in [2.45, 2.75) is 45.2 Å². The Bertz CT molecular complexity index is 799. The van der Waals surface area contributed by atoms with Gasteiger partial charge in [0.15, 0.2) is 0 Å². The third kappa shape index (κ3) is 3.92. The largest absolute Gasteiger partial charge is 0.316 e. The molecule has 1 heterocycles. The number of benzene rings is 1. The quantitative estimate of drug-likeness (QED) is 0.742. The lowest BCUT2D eigenvalue weighted by atomic mass is 10.1. The summed E-state index contributed by atoms with van der Waals surface area (Å²) in [5.74, 6) is 0.437. The number of nitrogens with zero attached hydrogens (tertiary/aromatic N) is 5. The van der Waals surface area contributed by atoms with Gasteiger partial charge >= 0.3 is 0 Å². The highest BCUT2D eigenvalue weighted by molar-refractivity contribution is 7.99. The van der Waals surface area contributed by atoms with Crippen LogP contribution >= 0.6 is 11.8 Å². The van der Waals surface area contributed by atoms with Crippen molar-refractivity contribution in [3.63, 3.8) is 0 Å². The van der Waals surface area contributed by atoms with Crippen molar-refractivity contribution in [3.05, 3.63) is 41.1 Å². The molecule has 0 unspecified atom stereocenters. The number of carbonyl (C=O) groups is 1. The predicted octanol–water partition coefficient (Wildman–Crippen LogP) is 3.29. The molecular formula is C18H23N5OS. The summed E-state index contributed by atoms with van der Waals surface area (Å²) in [4.78, 5) is 14.5. The Labute approximate surface area is 152 Å². The Balaban J connectivity index is 1.71. The summed E-state index contributed by atoms with van der Waals surface area (Å²) in [6.45, 7) is 6.85. The zero-order valence-electron chi connectivity index (χ0n) is 14.9. The molecule has 0 aliphatic heterocycles. The van der Waals surface area contributed by atoms with Gasteiger partial charge in [-0.1, -0.05) is 23.9 Å². The number of amides is 1. The van der Waals surface area contributed by atoms with Gasteiger partial charge in [0.1, 0.15) is 0 Å². The summed E-state index contributed by atoms with van der Waals surface area (Å²) in [5, 5.41) is 12.6. The van der Waals surface area contributed by atoms with Crippen LogP contribution in [0.25, 0.3) is 5.69 Å².